The molecule has 0 aliphatic carbocycles. The van der Waals surface area contributed by atoms with E-state index >= 15 is 0 Å². The first-order valence-corrected chi connectivity index (χ1v) is 8.29. The predicted octanol–water partition coefficient (Wildman–Crippen LogP) is 3.77. The summed E-state index contributed by atoms with van der Waals surface area (Å²) in [5.41, 5.74) is 1.10. The number of benzene rings is 2. The molecule has 0 heterocycles. The van der Waals surface area contributed by atoms with Gasteiger partial charge in [0, 0.05) is 0 Å². The van der Waals surface area contributed by atoms with Crippen LogP contribution < -0.4 is 14.8 Å². The molecule has 0 spiro atoms. The second kappa shape index (κ2) is 8.96. The van der Waals surface area contributed by atoms with Gasteiger partial charge in [-0.05, 0) is 36.6 Å². The van der Waals surface area contributed by atoms with Crippen molar-refractivity contribution in [2.75, 3.05) is 13.2 Å². The maximum atomic E-state index is 12.1. The van der Waals surface area contributed by atoms with E-state index in [2.05, 4.69) is 19.2 Å². The Labute approximate surface area is 143 Å². The maximum absolute atomic E-state index is 12.1. The summed E-state index contributed by atoms with van der Waals surface area (Å²) in [4.78, 5) is 12.1. The highest BCUT2D eigenvalue weighted by Gasteiger charge is 2.16. The molecule has 4 heteroatoms. The minimum atomic E-state index is -0.554. The average Bonchev–Trinajstić information content (AvgIpc) is 2.59. The summed E-state index contributed by atoms with van der Waals surface area (Å²) in [6.45, 7) is 6.82. The Balaban J connectivity index is 1.78. The first kappa shape index (κ1) is 17.9. The minimum absolute atomic E-state index is 0.148. The van der Waals surface area contributed by atoms with E-state index in [4.69, 9.17) is 9.47 Å². The smallest absolute Gasteiger partial charge is 0.260 e. The number of amides is 1. The summed E-state index contributed by atoms with van der Waals surface area (Å²) in [5, 5.41) is 2.83. The average molecular weight is 327 g/mol. The molecule has 2 aromatic carbocycles. The normalized spacial score (nSPS) is 11.8. The number of carbonyl (C=O) groups excluding carboxylic acids is 1. The van der Waals surface area contributed by atoms with Crippen molar-refractivity contribution in [2.45, 2.75) is 32.8 Å². The number of nitrogens with one attached hydrogen (secondary N) is 1. The maximum Gasteiger partial charge on any atom is 0.260 e. The Morgan fingerprint density at radius 3 is 2.38 bits per heavy atom. The van der Waals surface area contributed by atoms with E-state index in [0.717, 1.165) is 17.1 Å². The Morgan fingerprint density at radius 1 is 1.00 bits per heavy atom. The molecule has 2 aromatic rings. The van der Waals surface area contributed by atoms with Crippen LogP contribution in [0.25, 0.3) is 0 Å². The minimum Gasteiger partial charge on any atom is -0.492 e. The van der Waals surface area contributed by atoms with Crippen LogP contribution in [0, 0.1) is 0 Å². The van der Waals surface area contributed by atoms with Gasteiger partial charge in [0.1, 0.15) is 18.1 Å². The molecule has 0 aliphatic heterocycles. The van der Waals surface area contributed by atoms with Crippen LogP contribution in [0.2, 0.25) is 0 Å². The lowest BCUT2D eigenvalue weighted by atomic mass is 10.0. The molecule has 0 aliphatic rings. The molecule has 0 fully saturated rings. The summed E-state index contributed by atoms with van der Waals surface area (Å²) >= 11 is 0. The largest absolute Gasteiger partial charge is 0.492 e. The molecule has 0 saturated carbocycles. The molecular weight excluding hydrogens is 302 g/mol. The van der Waals surface area contributed by atoms with Gasteiger partial charge in [0.15, 0.2) is 6.10 Å². The lowest BCUT2D eigenvalue weighted by molar-refractivity contribution is -0.127. The van der Waals surface area contributed by atoms with Crippen molar-refractivity contribution < 1.29 is 14.3 Å². The van der Waals surface area contributed by atoms with Gasteiger partial charge < -0.3 is 14.8 Å². The fraction of sp³-hybridized carbons (Fsp3) is 0.350. The van der Waals surface area contributed by atoms with Gasteiger partial charge in [-0.25, -0.2) is 0 Å². The first-order valence-electron chi connectivity index (χ1n) is 8.29. The predicted molar refractivity (Wildman–Crippen MR) is 95.6 cm³/mol. The number of para-hydroxylation sites is 2. The second-order valence-electron chi connectivity index (χ2n) is 5.91. The van der Waals surface area contributed by atoms with Crippen molar-refractivity contribution in [3.05, 3.63) is 60.2 Å². The molecule has 1 atom stereocenters. The van der Waals surface area contributed by atoms with Crippen molar-refractivity contribution in [3.8, 4) is 11.5 Å². The third-order valence-electron chi connectivity index (χ3n) is 3.63. The van der Waals surface area contributed by atoms with Crippen LogP contribution in [-0.2, 0) is 4.79 Å². The zero-order valence-electron chi connectivity index (χ0n) is 14.5. The Hall–Kier alpha value is -2.49. The molecule has 2 rings (SSSR count). The van der Waals surface area contributed by atoms with Gasteiger partial charge in [-0.1, -0.05) is 50.2 Å². The number of hydrogen-bond acceptors (Lipinski definition) is 3. The number of hydrogen-bond donors (Lipinski definition) is 1. The van der Waals surface area contributed by atoms with Gasteiger partial charge in [-0.2, -0.15) is 0 Å². The Bertz CT molecular complexity index is 640. The van der Waals surface area contributed by atoms with E-state index < -0.39 is 6.10 Å². The van der Waals surface area contributed by atoms with Crippen LogP contribution in [0.3, 0.4) is 0 Å². The third kappa shape index (κ3) is 5.30. The molecule has 1 N–H and O–H groups in total. The molecule has 0 saturated heterocycles. The van der Waals surface area contributed by atoms with Gasteiger partial charge in [-0.3, -0.25) is 4.79 Å². The van der Waals surface area contributed by atoms with E-state index in [0.29, 0.717) is 19.1 Å². The Kier molecular flexibility index (Phi) is 6.67. The van der Waals surface area contributed by atoms with Crippen molar-refractivity contribution in [3.63, 3.8) is 0 Å². The first-order chi connectivity index (χ1) is 11.6. The molecule has 0 aromatic heterocycles. The van der Waals surface area contributed by atoms with Gasteiger partial charge in [0.25, 0.3) is 5.91 Å². The monoisotopic (exact) mass is 327 g/mol. The van der Waals surface area contributed by atoms with Gasteiger partial charge in [0.05, 0.1) is 6.54 Å². The number of ether oxygens (including phenoxy) is 2. The van der Waals surface area contributed by atoms with Crippen molar-refractivity contribution >= 4 is 5.91 Å². The zero-order valence-corrected chi connectivity index (χ0v) is 14.5. The summed E-state index contributed by atoms with van der Waals surface area (Å²) < 4.78 is 11.4. The van der Waals surface area contributed by atoms with Crippen LogP contribution in [0.5, 0.6) is 11.5 Å². The topological polar surface area (TPSA) is 47.6 Å². The highest BCUT2D eigenvalue weighted by Crippen LogP contribution is 2.26. The zero-order chi connectivity index (χ0) is 17.4. The van der Waals surface area contributed by atoms with Crippen LogP contribution in [-0.4, -0.2) is 25.2 Å². The van der Waals surface area contributed by atoms with Gasteiger partial charge >= 0.3 is 0 Å². The van der Waals surface area contributed by atoms with E-state index in [1.54, 1.807) is 6.92 Å². The van der Waals surface area contributed by atoms with E-state index in [1.165, 1.54) is 0 Å². The van der Waals surface area contributed by atoms with E-state index in [1.807, 2.05) is 54.6 Å². The van der Waals surface area contributed by atoms with Crippen molar-refractivity contribution in [2.24, 2.45) is 0 Å². The van der Waals surface area contributed by atoms with E-state index in [-0.39, 0.29) is 5.91 Å². The summed E-state index contributed by atoms with van der Waals surface area (Å²) in [5.74, 6) is 1.75. The van der Waals surface area contributed by atoms with Crippen LogP contribution in [0.4, 0.5) is 0 Å². The standard InChI is InChI=1S/C20H25NO3/c1-15(2)18-11-7-8-12-19(18)24-16(3)20(22)21-13-14-23-17-9-5-4-6-10-17/h4-12,15-16H,13-14H2,1-3H3,(H,21,22)/t16-/m1/s1. The fourth-order valence-electron chi connectivity index (χ4n) is 2.31. The highest BCUT2D eigenvalue weighted by atomic mass is 16.5. The van der Waals surface area contributed by atoms with Crippen LogP contribution in [0.15, 0.2) is 54.6 Å². The molecule has 1 amide bonds. The van der Waals surface area contributed by atoms with Crippen molar-refractivity contribution in [1.82, 2.24) is 5.32 Å². The SMILES string of the molecule is CC(C)c1ccccc1O[C@H](C)C(=O)NCCOc1ccccc1. The molecule has 0 unspecified atom stereocenters. The summed E-state index contributed by atoms with van der Waals surface area (Å²) in [6, 6.07) is 17.4. The quantitative estimate of drug-likeness (QED) is 0.751. The van der Waals surface area contributed by atoms with Crippen LogP contribution in [0.1, 0.15) is 32.3 Å². The lowest BCUT2D eigenvalue weighted by Gasteiger charge is -2.18. The fourth-order valence-corrected chi connectivity index (χ4v) is 2.31. The highest BCUT2D eigenvalue weighted by molar-refractivity contribution is 5.80. The van der Waals surface area contributed by atoms with Gasteiger partial charge in [0.2, 0.25) is 0 Å². The van der Waals surface area contributed by atoms with Gasteiger partial charge in [-0.15, -0.1) is 0 Å². The van der Waals surface area contributed by atoms with E-state index in [9.17, 15) is 4.79 Å². The Morgan fingerprint density at radius 2 is 1.67 bits per heavy atom. The molecule has 4 nitrogen and oxygen atoms in total. The molecule has 0 radical (unpaired) electrons. The summed E-state index contributed by atoms with van der Waals surface area (Å²) in [6.07, 6.45) is -0.554. The third-order valence-corrected chi connectivity index (χ3v) is 3.63. The second-order valence-corrected chi connectivity index (χ2v) is 5.91. The van der Waals surface area contributed by atoms with Crippen molar-refractivity contribution in [1.29, 1.82) is 0 Å². The van der Waals surface area contributed by atoms with Crippen LogP contribution >= 0.6 is 0 Å². The molecule has 24 heavy (non-hydrogen) atoms. The number of rotatable bonds is 8. The summed E-state index contributed by atoms with van der Waals surface area (Å²) in [7, 11) is 0. The molecular formula is C20H25NO3. The molecule has 0 bridgehead atoms. The number of carbonyl (C=O) groups is 1. The lowest BCUT2D eigenvalue weighted by Crippen LogP contribution is -2.38. The molecule has 128 valence electrons.